The average molecular weight is 238 g/mol. The number of nitrogens with one attached hydrogen (secondary N) is 1. The predicted octanol–water partition coefficient (Wildman–Crippen LogP) is 2.89. The molecule has 0 spiro atoms. The molecule has 0 bridgehead atoms. The molecule has 0 radical (unpaired) electrons. The normalized spacial score (nSPS) is 30.5. The van der Waals surface area contributed by atoms with Crippen molar-refractivity contribution in [2.45, 2.75) is 58.4 Å². The number of unbranched alkanes of at least 4 members (excludes halogenated alkanes) is 1. The van der Waals surface area contributed by atoms with Gasteiger partial charge in [-0.25, -0.2) is 0 Å². The lowest BCUT2D eigenvalue weighted by Gasteiger charge is -2.43. The maximum atomic E-state index is 3.48. The Morgan fingerprint density at radius 2 is 1.88 bits per heavy atom. The zero-order valence-electron chi connectivity index (χ0n) is 11.8. The molecule has 17 heavy (non-hydrogen) atoms. The van der Waals surface area contributed by atoms with E-state index in [2.05, 4.69) is 24.1 Å². The van der Waals surface area contributed by atoms with Gasteiger partial charge in [0.25, 0.3) is 0 Å². The van der Waals surface area contributed by atoms with Gasteiger partial charge in [0.1, 0.15) is 0 Å². The third kappa shape index (κ3) is 3.96. The van der Waals surface area contributed by atoms with Crippen LogP contribution >= 0.6 is 0 Å². The molecule has 0 unspecified atom stereocenters. The third-order valence-electron chi connectivity index (χ3n) is 4.62. The molecule has 0 atom stereocenters. The Bertz CT molecular complexity index is 205. The van der Waals surface area contributed by atoms with Crippen LogP contribution in [0.1, 0.15) is 52.4 Å². The fourth-order valence-corrected chi connectivity index (χ4v) is 3.34. The highest BCUT2D eigenvalue weighted by Gasteiger charge is 2.31. The van der Waals surface area contributed by atoms with E-state index in [0.29, 0.717) is 0 Å². The van der Waals surface area contributed by atoms with Gasteiger partial charge < -0.3 is 10.2 Å². The third-order valence-corrected chi connectivity index (χ3v) is 4.62. The van der Waals surface area contributed by atoms with E-state index < -0.39 is 0 Å². The van der Waals surface area contributed by atoms with Gasteiger partial charge in [-0.15, -0.1) is 0 Å². The van der Waals surface area contributed by atoms with E-state index in [-0.39, 0.29) is 0 Å². The predicted molar refractivity (Wildman–Crippen MR) is 74.3 cm³/mol. The Balaban J connectivity index is 1.77. The first-order valence-electron chi connectivity index (χ1n) is 7.74. The molecule has 1 heterocycles. The molecule has 0 aromatic carbocycles. The van der Waals surface area contributed by atoms with Crippen molar-refractivity contribution in [1.82, 2.24) is 10.2 Å². The van der Waals surface area contributed by atoms with Crippen LogP contribution in [0.2, 0.25) is 0 Å². The minimum absolute atomic E-state index is 0.923. The fraction of sp³-hybridized carbons (Fsp3) is 1.00. The van der Waals surface area contributed by atoms with E-state index in [1.54, 1.807) is 0 Å². The van der Waals surface area contributed by atoms with Gasteiger partial charge in [-0.3, -0.25) is 0 Å². The van der Waals surface area contributed by atoms with Gasteiger partial charge >= 0.3 is 0 Å². The van der Waals surface area contributed by atoms with Crippen molar-refractivity contribution in [3.05, 3.63) is 0 Å². The van der Waals surface area contributed by atoms with E-state index in [4.69, 9.17) is 0 Å². The van der Waals surface area contributed by atoms with Crippen LogP contribution < -0.4 is 5.32 Å². The maximum absolute atomic E-state index is 3.48. The van der Waals surface area contributed by atoms with E-state index in [1.165, 1.54) is 64.7 Å². The summed E-state index contributed by atoms with van der Waals surface area (Å²) in [5.74, 6) is 1.95. The highest BCUT2D eigenvalue weighted by atomic mass is 15.2. The highest BCUT2D eigenvalue weighted by molar-refractivity contribution is 4.86. The van der Waals surface area contributed by atoms with Gasteiger partial charge in [0, 0.05) is 12.6 Å². The second-order valence-corrected chi connectivity index (χ2v) is 6.27. The van der Waals surface area contributed by atoms with Gasteiger partial charge in [-0.2, -0.15) is 0 Å². The summed E-state index contributed by atoms with van der Waals surface area (Å²) >= 11 is 0. The van der Waals surface area contributed by atoms with Gasteiger partial charge in [0.2, 0.25) is 0 Å². The van der Waals surface area contributed by atoms with Crippen LogP contribution in [0.5, 0.6) is 0 Å². The molecule has 1 N–H and O–H groups in total. The zero-order valence-corrected chi connectivity index (χ0v) is 11.8. The Hall–Kier alpha value is -0.0800. The fourth-order valence-electron chi connectivity index (χ4n) is 3.34. The van der Waals surface area contributed by atoms with Gasteiger partial charge in [-0.1, -0.05) is 20.3 Å². The van der Waals surface area contributed by atoms with E-state index in [9.17, 15) is 0 Å². The van der Waals surface area contributed by atoms with Gasteiger partial charge in [-0.05, 0) is 63.6 Å². The van der Waals surface area contributed by atoms with E-state index in [1.807, 2.05) is 0 Å². The van der Waals surface area contributed by atoms with Crippen molar-refractivity contribution in [3.8, 4) is 0 Å². The van der Waals surface area contributed by atoms with Crippen LogP contribution in [0.3, 0.4) is 0 Å². The lowest BCUT2D eigenvalue weighted by molar-refractivity contribution is 0.0648. The first-order chi connectivity index (χ1) is 8.29. The standard InChI is InChI=1S/C15H30N2/c1-3-4-9-17(15-10-13(2)11-15)12-14-5-7-16-8-6-14/h13-16H,3-12H2,1-2H3. The number of hydrogen-bond donors (Lipinski definition) is 1. The molecule has 0 aromatic heterocycles. The smallest absolute Gasteiger partial charge is 0.0100 e. The number of rotatable bonds is 6. The first kappa shape index (κ1) is 13.4. The van der Waals surface area contributed by atoms with Crippen molar-refractivity contribution in [3.63, 3.8) is 0 Å². The summed E-state index contributed by atoms with van der Waals surface area (Å²) in [5, 5.41) is 3.48. The molecule has 1 aliphatic carbocycles. The molecule has 2 nitrogen and oxygen atoms in total. The minimum atomic E-state index is 0.923. The van der Waals surface area contributed by atoms with Crippen LogP contribution in [0.15, 0.2) is 0 Å². The van der Waals surface area contributed by atoms with Crippen LogP contribution in [-0.4, -0.2) is 37.1 Å². The monoisotopic (exact) mass is 238 g/mol. The van der Waals surface area contributed by atoms with Gasteiger partial charge in [0.05, 0.1) is 0 Å². The summed E-state index contributed by atoms with van der Waals surface area (Å²) in [6.45, 7) is 9.92. The minimum Gasteiger partial charge on any atom is -0.317 e. The highest BCUT2D eigenvalue weighted by Crippen LogP contribution is 2.32. The largest absolute Gasteiger partial charge is 0.317 e. The molecular weight excluding hydrogens is 208 g/mol. The molecule has 0 amide bonds. The lowest BCUT2D eigenvalue weighted by Crippen LogP contribution is -2.47. The molecule has 1 saturated carbocycles. The van der Waals surface area contributed by atoms with Crippen molar-refractivity contribution < 1.29 is 0 Å². The first-order valence-corrected chi connectivity index (χ1v) is 7.74. The summed E-state index contributed by atoms with van der Waals surface area (Å²) < 4.78 is 0. The van der Waals surface area contributed by atoms with E-state index >= 15 is 0 Å². The SMILES string of the molecule is CCCCN(CC1CCNCC1)C1CC(C)C1. The number of piperidine rings is 1. The summed E-state index contributed by atoms with van der Waals surface area (Å²) in [6, 6.07) is 0.923. The molecule has 2 fully saturated rings. The second-order valence-electron chi connectivity index (χ2n) is 6.27. The summed E-state index contributed by atoms with van der Waals surface area (Å²) in [4.78, 5) is 2.82. The topological polar surface area (TPSA) is 15.3 Å². The molecule has 0 aromatic rings. The van der Waals surface area contributed by atoms with Crippen LogP contribution in [0.25, 0.3) is 0 Å². The second kappa shape index (κ2) is 6.75. The van der Waals surface area contributed by atoms with E-state index in [0.717, 1.165) is 17.9 Å². The van der Waals surface area contributed by atoms with Crippen LogP contribution in [0, 0.1) is 11.8 Å². The van der Waals surface area contributed by atoms with Crippen molar-refractivity contribution in [2.75, 3.05) is 26.2 Å². The average Bonchev–Trinajstić information content (AvgIpc) is 2.32. The van der Waals surface area contributed by atoms with Crippen molar-refractivity contribution in [1.29, 1.82) is 0 Å². The molecule has 100 valence electrons. The summed E-state index contributed by atoms with van der Waals surface area (Å²) in [6.07, 6.45) is 8.42. The Morgan fingerprint density at radius 1 is 1.18 bits per heavy atom. The molecule has 1 saturated heterocycles. The Labute approximate surface area is 107 Å². The Morgan fingerprint density at radius 3 is 2.47 bits per heavy atom. The molecule has 2 aliphatic rings. The van der Waals surface area contributed by atoms with Crippen LogP contribution in [-0.2, 0) is 0 Å². The van der Waals surface area contributed by atoms with Crippen LogP contribution in [0.4, 0.5) is 0 Å². The molecular formula is C15H30N2. The summed E-state index contributed by atoms with van der Waals surface area (Å²) in [7, 11) is 0. The maximum Gasteiger partial charge on any atom is 0.0100 e. The quantitative estimate of drug-likeness (QED) is 0.765. The summed E-state index contributed by atoms with van der Waals surface area (Å²) in [5.41, 5.74) is 0. The molecule has 2 heteroatoms. The Kier molecular flexibility index (Phi) is 5.30. The van der Waals surface area contributed by atoms with Gasteiger partial charge in [0.15, 0.2) is 0 Å². The zero-order chi connectivity index (χ0) is 12.1. The lowest BCUT2D eigenvalue weighted by atomic mass is 9.80. The number of hydrogen-bond acceptors (Lipinski definition) is 2. The van der Waals surface area contributed by atoms with Crippen molar-refractivity contribution in [2.24, 2.45) is 11.8 Å². The molecule has 2 rings (SSSR count). The number of nitrogens with zero attached hydrogens (tertiary/aromatic N) is 1. The molecule has 1 aliphatic heterocycles. The van der Waals surface area contributed by atoms with Crippen molar-refractivity contribution >= 4 is 0 Å².